The van der Waals surface area contributed by atoms with Gasteiger partial charge in [-0.1, -0.05) is 0 Å². The summed E-state index contributed by atoms with van der Waals surface area (Å²) < 4.78 is 7.70. The largest absolute Gasteiger partial charge is 0.374 e. The summed E-state index contributed by atoms with van der Waals surface area (Å²) in [6.45, 7) is 2.67. The highest BCUT2D eigenvalue weighted by atomic mass is 16.5. The number of rotatable bonds is 3. The van der Waals surface area contributed by atoms with Gasteiger partial charge in [-0.2, -0.15) is 0 Å². The highest BCUT2D eigenvalue weighted by Crippen LogP contribution is 2.09. The molecule has 0 radical (unpaired) electrons. The molecular formula is C11H20N4O. The highest BCUT2D eigenvalue weighted by molar-refractivity contribution is 4.96. The maximum Gasteiger partial charge on any atom is 0.110 e. The van der Waals surface area contributed by atoms with Crippen molar-refractivity contribution in [3.05, 3.63) is 18.2 Å². The number of nitrogens with zero attached hydrogens (tertiary/aromatic N) is 3. The molecule has 5 nitrogen and oxygen atoms in total. The van der Waals surface area contributed by atoms with Gasteiger partial charge < -0.3 is 19.9 Å². The van der Waals surface area contributed by atoms with Gasteiger partial charge in [0.05, 0.1) is 12.7 Å². The van der Waals surface area contributed by atoms with Crippen LogP contribution >= 0.6 is 0 Å². The van der Waals surface area contributed by atoms with E-state index in [1.54, 1.807) is 6.20 Å². The normalized spacial score (nSPS) is 24.6. The van der Waals surface area contributed by atoms with Crippen LogP contribution in [0.2, 0.25) is 0 Å². The van der Waals surface area contributed by atoms with E-state index in [0.29, 0.717) is 0 Å². The van der Waals surface area contributed by atoms with Gasteiger partial charge in [0.25, 0.3) is 0 Å². The highest BCUT2D eigenvalue weighted by Gasteiger charge is 2.24. The van der Waals surface area contributed by atoms with E-state index in [1.165, 1.54) is 0 Å². The molecule has 0 amide bonds. The lowest BCUT2D eigenvalue weighted by Gasteiger charge is -2.33. The Kier molecular flexibility index (Phi) is 3.58. The van der Waals surface area contributed by atoms with E-state index in [1.807, 2.05) is 17.8 Å². The molecule has 16 heavy (non-hydrogen) atoms. The predicted octanol–water partition coefficient (Wildman–Crippen LogP) is -0.379. The summed E-state index contributed by atoms with van der Waals surface area (Å²) in [6, 6.07) is 0.0175. The molecule has 0 spiro atoms. The SMILES string of the molecule is CN1CCOC(C(N)Cc2nccn2C)C1. The van der Waals surface area contributed by atoms with Crippen molar-refractivity contribution in [3.63, 3.8) is 0 Å². The Morgan fingerprint density at radius 2 is 2.44 bits per heavy atom. The van der Waals surface area contributed by atoms with Crippen molar-refractivity contribution in [2.75, 3.05) is 26.7 Å². The molecule has 1 fully saturated rings. The summed E-state index contributed by atoms with van der Waals surface area (Å²) in [6.07, 6.45) is 4.63. The fourth-order valence-corrected chi connectivity index (χ4v) is 2.01. The average Bonchev–Trinajstić information content (AvgIpc) is 2.64. The van der Waals surface area contributed by atoms with Gasteiger partial charge in [-0.05, 0) is 7.05 Å². The zero-order valence-corrected chi connectivity index (χ0v) is 9.97. The van der Waals surface area contributed by atoms with Gasteiger partial charge in [-0.25, -0.2) is 4.98 Å². The van der Waals surface area contributed by atoms with E-state index < -0.39 is 0 Å². The Morgan fingerprint density at radius 3 is 3.06 bits per heavy atom. The van der Waals surface area contributed by atoms with Crippen LogP contribution in [0.1, 0.15) is 5.82 Å². The van der Waals surface area contributed by atoms with Gasteiger partial charge >= 0.3 is 0 Å². The number of aryl methyl sites for hydroxylation is 1. The van der Waals surface area contributed by atoms with Gasteiger partial charge in [0.2, 0.25) is 0 Å². The second kappa shape index (κ2) is 4.95. The lowest BCUT2D eigenvalue weighted by atomic mass is 10.1. The maximum atomic E-state index is 6.17. The number of morpholine rings is 1. The second-order valence-electron chi connectivity index (χ2n) is 4.49. The fraction of sp³-hybridized carbons (Fsp3) is 0.727. The summed E-state index contributed by atoms with van der Waals surface area (Å²) in [5.41, 5.74) is 6.17. The summed E-state index contributed by atoms with van der Waals surface area (Å²) in [5, 5.41) is 0. The third-order valence-corrected chi connectivity index (χ3v) is 3.11. The van der Waals surface area contributed by atoms with Crippen molar-refractivity contribution in [1.29, 1.82) is 0 Å². The van der Waals surface area contributed by atoms with Crippen LogP contribution in [0.5, 0.6) is 0 Å². The van der Waals surface area contributed by atoms with Crippen molar-refractivity contribution in [1.82, 2.24) is 14.5 Å². The van der Waals surface area contributed by atoms with E-state index >= 15 is 0 Å². The molecule has 0 aliphatic carbocycles. The first-order valence-corrected chi connectivity index (χ1v) is 5.68. The minimum atomic E-state index is 0.0175. The summed E-state index contributed by atoms with van der Waals surface area (Å²) in [7, 11) is 4.09. The van der Waals surface area contributed by atoms with Crippen molar-refractivity contribution in [2.24, 2.45) is 12.8 Å². The first-order chi connectivity index (χ1) is 7.66. The Hall–Kier alpha value is -0.910. The van der Waals surface area contributed by atoms with Crippen molar-refractivity contribution < 1.29 is 4.74 Å². The van der Waals surface area contributed by atoms with E-state index in [2.05, 4.69) is 16.9 Å². The molecule has 1 aromatic rings. The maximum absolute atomic E-state index is 6.17. The molecule has 2 atom stereocenters. The van der Waals surface area contributed by atoms with Gasteiger partial charge in [0, 0.05) is 45.0 Å². The molecule has 0 saturated carbocycles. The number of imidazole rings is 1. The monoisotopic (exact) mass is 224 g/mol. The number of likely N-dealkylation sites (N-methyl/N-ethyl adjacent to an activating group) is 1. The first-order valence-electron chi connectivity index (χ1n) is 5.68. The number of nitrogens with two attached hydrogens (primary N) is 1. The van der Waals surface area contributed by atoms with Gasteiger partial charge in [-0.3, -0.25) is 0 Å². The number of hydrogen-bond acceptors (Lipinski definition) is 4. The molecule has 1 aromatic heterocycles. The lowest BCUT2D eigenvalue weighted by molar-refractivity contribution is -0.0322. The molecule has 5 heteroatoms. The zero-order valence-electron chi connectivity index (χ0n) is 9.97. The van der Waals surface area contributed by atoms with E-state index in [-0.39, 0.29) is 12.1 Å². The topological polar surface area (TPSA) is 56.3 Å². The lowest BCUT2D eigenvalue weighted by Crippen LogP contribution is -2.50. The average molecular weight is 224 g/mol. The van der Waals surface area contributed by atoms with Crippen LogP contribution < -0.4 is 5.73 Å². The van der Waals surface area contributed by atoms with E-state index in [0.717, 1.165) is 31.9 Å². The number of ether oxygens (including phenoxy) is 1. The van der Waals surface area contributed by atoms with Gasteiger partial charge in [0.15, 0.2) is 0 Å². The van der Waals surface area contributed by atoms with Crippen molar-refractivity contribution >= 4 is 0 Å². The Balaban J connectivity index is 1.92. The van der Waals surface area contributed by atoms with Crippen LogP contribution in [-0.4, -0.2) is 53.3 Å². The summed E-state index contributed by atoms with van der Waals surface area (Å²) in [5.74, 6) is 1.02. The second-order valence-corrected chi connectivity index (χ2v) is 4.49. The Labute approximate surface area is 96.2 Å². The zero-order chi connectivity index (χ0) is 11.5. The molecule has 2 unspecified atom stereocenters. The Bertz CT molecular complexity index is 338. The van der Waals surface area contributed by atoms with Crippen LogP contribution in [0.15, 0.2) is 12.4 Å². The predicted molar refractivity (Wildman–Crippen MR) is 62.1 cm³/mol. The minimum Gasteiger partial charge on any atom is -0.374 e. The molecule has 1 aliphatic rings. The fourth-order valence-electron chi connectivity index (χ4n) is 2.01. The molecule has 1 saturated heterocycles. The third-order valence-electron chi connectivity index (χ3n) is 3.11. The van der Waals surface area contributed by atoms with Gasteiger partial charge in [0.1, 0.15) is 5.82 Å². The van der Waals surface area contributed by atoms with Crippen LogP contribution in [0, 0.1) is 0 Å². The third kappa shape index (κ3) is 2.61. The van der Waals surface area contributed by atoms with Crippen molar-refractivity contribution in [3.8, 4) is 0 Å². The first kappa shape index (κ1) is 11.6. The smallest absolute Gasteiger partial charge is 0.110 e. The minimum absolute atomic E-state index is 0.0175. The Morgan fingerprint density at radius 1 is 1.62 bits per heavy atom. The molecule has 2 rings (SSSR count). The van der Waals surface area contributed by atoms with E-state index in [9.17, 15) is 0 Å². The molecule has 2 heterocycles. The van der Waals surface area contributed by atoms with Gasteiger partial charge in [-0.15, -0.1) is 0 Å². The number of hydrogen-bond donors (Lipinski definition) is 1. The number of aromatic nitrogens is 2. The molecule has 0 bridgehead atoms. The molecular weight excluding hydrogens is 204 g/mol. The van der Waals surface area contributed by atoms with Crippen LogP contribution in [-0.2, 0) is 18.2 Å². The molecule has 90 valence electrons. The summed E-state index contributed by atoms with van der Waals surface area (Å²) >= 11 is 0. The van der Waals surface area contributed by atoms with Crippen molar-refractivity contribution in [2.45, 2.75) is 18.6 Å². The van der Waals surface area contributed by atoms with Crippen LogP contribution in [0.4, 0.5) is 0 Å². The standard InChI is InChI=1S/C11H20N4O/c1-14-5-6-16-10(8-14)9(12)7-11-13-3-4-15(11)2/h3-4,9-10H,5-8,12H2,1-2H3. The molecule has 0 aromatic carbocycles. The quantitative estimate of drug-likeness (QED) is 0.760. The molecule has 2 N–H and O–H groups in total. The van der Waals surface area contributed by atoms with Crippen LogP contribution in [0.25, 0.3) is 0 Å². The van der Waals surface area contributed by atoms with E-state index in [4.69, 9.17) is 10.5 Å². The summed E-state index contributed by atoms with van der Waals surface area (Å²) in [4.78, 5) is 6.54. The molecule has 1 aliphatic heterocycles. The van der Waals surface area contributed by atoms with Crippen LogP contribution in [0.3, 0.4) is 0 Å².